The number of nitrogens with zero attached hydrogens (tertiary/aromatic N) is 1. The standard InChI is InChI=1S/C16H20N2O3/c19-15-12-7-4-8-18(14(12)9-17-15)10-13(16(20)21)11-5-2-1-3-6-11/h1-3,5-6,12-14H,4,7-10H2,(H,17,19)(H,20,21). The van der Waals surface area contributed by atoms with Crippen LogP contribution in [0.2, 0.25) is 0 Å². The van der Waals surface area contributed by atoms with E-state index in [-0.39, 0.29) is 17.9 Å². The molecule has 0 spiro atoms. The number of aliphatic carboxylic acids is 1. The molecule has 0 bridgehead atoms. The van der Waals surface area contributed by atoms with Crippen molar-refractivity contribution in [1.29, 1.82) is 0 Å². The van der Waals surface area contributed by atoms with Gasteiger partial charge in [0.2, 0.25) is 5.91 Å². The maximum Gasteiger partial charge on any atom is 0.312 e. The molecule has 1 aromatic rings. The number of carbonyl (C=O) groups is 2. The first-order valence-electron chi connectivity index (χ1n) is 7.46. The Labute approximate surface area is 123 Å². The number of benzene rings is 1. The van der Waals surface area contributed by atoms with Gasteiger partial charge in [0.25, 0.3) is 0 Å². The van der Waals surface area contributed by atoms with E-state index in [1.165, 1.54) is 0 Å². The first-order chi connectivity index (χ1) is 10.2. The molecule has 0 aromatic heterocycles. The van der Waals surface area contributed by atoms with E-state index in [4.69, 9.17) is 0 Å². The fourth-order valence-corrected chi connectivity index (χ4v) is 3.51. The van der Waals surface area contributed by atoms with Gasteiger partial charge in [0, 0.05) is 19.1 Å². The molecule has 0 saturated carbocycles. The molecule has 0 aliphatic carbocycles. The minimum atomic E-state index is -0.805. The number of rotatable bonds is 4. The van der Waals surface area contributed by atoms with Crippen LogP contribution >= 0.6 is 0 Å². The molecule has 21 heavy (non-hydrogen) atoms. The third-order valence-corrected chi connectivity index (χ3v) is 4.63. The SMILES string of the molecule is O=C(O)C(CN1CCCC2C(=O)NCC21)c1ccccc1. The largest absolute Gasteiger partial charge is 0.481 e. The summed E-state index contributed by atoms with van der Waals surface area (Å²) in [5, 5.41) is 12.4. The fraction of sp³-hybridized carbons (Fsp3) is 0.500. The maximum absolute atomic E-state index is 11.8. The first-order valence-corrected chi connectivity index (χ1v) is 7.46. The van der Waals surface area contributed by atoms with Crippen molar-refractivity contribution in [1.82, 2.24) is 10.2 Å². The van der Waals surface area contributed by atoms with Gasteiger partial charge in [0.15, 0.2) is 0 Å². The molecule has 1 aromatic carbocycles. The van der Waals surface area contributed by atoms with Gasteiger partial charge >= 0.3 is 5.97 Å². The van der Waals surface area contributed by atoms with Crippen LogP contribution in [0.4, 0.5) is 0 Å². The van der Waals surface area contributed by atoms with Crippen molar-refractivity contribution in [2.45, 2.75) is 24.8 Å². The number of hydrogen-bond acceptors (Lipinski definition) is 3. The zero-order chi connectivity index (χ0) is 14.8. The Morgan fingerprint density at radius 1 is 1.38 bits per heavy atom. The number of nitrogens with one attached hydrogen (secondary N) is 1. The molecule has 3 unspecified atom stereocenters. The molecule has 2 aliphatic heterocycles. The molecule has 2 fully saturated rings. The predicted molar refractivity (Wildman–Crippen MR) is 77.9 cm³/mol. The number of likely N-dealkylation sites (tertiary alicyclic amines) is 1. The highest BCUT2D eigenvalue weighted by molar-refractivity contribution is 5.82. The summed E-state index contributed by atoms with van der Waals surface area (Å²) in [5.41, 5.74) is 0.824. The van der Waals surface area contributed by atoms with Crippen molar-refractivity contribution in [2.75, 3.05) is 19.6 Å². The molecule has 1 amide bonds. The lowest BCUT2D eigenvalue weighted by Gasteiger charge is -2.37. The molecule has 5 nitrogen and oxygen atoms in total. The number of carbonyl (C=O) groups excluding carboxylic acids is 1. The van der Waals surface area contributed by atoms with Crippen LogP contribution < -0.4 is 5.32 Å². The van der Waals surface area contributed by atoms with Crippen LogP contribution in [-0.2, 0) is 9.59 Å². The Bertz CT molecular complexity index is 532. The second-order valence-corrected chi connectivity index (χ2v) is 5.86. The van der Waals surface area contributed by atoms with Gasteiger partial charge in [0.05, 0.1) is 11.8 Å². The molecule has 3 rings (SSSR count). The van der Waals surface area contributed by atoms with Gasteiger partial charge in [-0.2, -0.15) is 0 Å². The van der Waals surface area contributed by atoms with Gasteiger partial charge in [-0.05, 0) is 24.9 Å². The Morgan fingerprint density at radius 2 is 2.14 bits per heavy atom. The number of fused-ring (bicyclic) bond motifs is 1. The van der Waals surface area contributed by atoms with Crippen molar-refractivity contribution in [3.8, 4) is 0 Å². The highest BCUT2D eigenvalue weighted by atomic mass is 16.4. The van der Waals surface area contributed by atoms with Crippen molar-refractivity contribution >= 4 is 11.9 Å². The van der Waals surface area contributed by atoms with Crippen LogP contribution in [0.5, 0.6) is 0 Å². The summed E-state index contributed by atoms with van der Waals surface area (Å²) in [5.74, 6) is -1.19. The van der Waals surface area contributed by atoms with Gasteiger partial charge in [-0.15, -0.1) is 0 Å². The topological polar surface area (TPSA) is 69.6 Å². The summed E-state index contributed by atoms with van der Waals surface area (Å²) < 4.78 is 0. The summed E-state index contributed by atoms with van der Waals surface area (Å²) >= 11 is 0. The molecular formula is C16H20N2O3. The maximum atomic E-state index is 11.8. The Morgan fingerprint density at radius 3 is 2.86 bits per heavy atom. The fourth-order valence-electron chi connectivity index (χ4n) is 3.51. The second-order valence-electron chi connectivity index (χ2n) is 5.86. The van der Waals surface area contributed by atoms with E-state index in [2.05, 4.69) is 10.2 Å². The number of carboxylic acids is 1. The average molecular weight is 288 g/mol. The summed E-state index contributed by atoms with van der Waals surface area (Å²) in [6.07, 6.45) is 1.87. The lowest BCUT2D eigenvalue weighted by molar-refractivity contribution is -0.139. The van der Waals surface area contributed by atoms with Crippen molar-refractivity contribution in [2.24, 2.45) is 5.92 Å². The van der Waals surface area contributed by atoms with E-state index in [0.717, 1.165) is 24.9 Å². The molecule has 5 heteroatoms. The van der Waals surface area contributed by atoms with E-state index in [9.17, 15) is 14.7 Å². The van der Waals surface area contributed by atoms with Gasteiger partial charge in [0.1, 0.15) is 0 Å². The zero-order valence-corrected chi connectivity index (χ0v) is 11.9. The van der Waals surface area contributed by atoms with Crippen LogP contribution in [-0.4, -0.2) is 47.6 Å². The number of carboxylic acid groups (broad SMARTS) is 1. The normalized spacial score (nSPS) is 27.0. The van der Waals surface area contributed by atoms with Gasteiger partial charge < -0.3 is 10.4 Å². The highest BCUT2D eigenvalue weighted by Gasteiger charge is 2.41. The molecule has 2 saturated heterocycles. The summed E-state index contributed by atoms with van der Waals surface area (Å²) in [4.78, 5) is 25.6. The lowest BCUT2D eigenvalue weighted by atomic mass is 9.89. The molecule has 112 valence electrons. The minimum absolute atomic E-state index is 0.0315. The van der Waals surface area contributed by atoms with Crippen LogP contribution in [0.3, 0.4) is 0 Å². The Balaban J connectivity index is 1.77. The van der Waals surface area contributed by atoms with Gasteiger partial charge in [-0.3, -0.25) is 14.5 Å². The Kier molecular flexibility index (Phi) is 3.92. The molecule has 2 heterocycles. The van der Waals surface area contributed by atoms with E-state index >= 15 is 0 Å². The quantitative estimate of drug-likeness (QED) is 0.869. The van der Waals surface area contributed by atoms with Crippen LogP contribution in [0.1, 0.15) is 24.3 Å². The van der Waals surface area contributed by atoms with E-state index in [0.29, 0.717) is 13.1 Å². The summed E-state index contributed by atoms with van der Waals surface area (Å²) in [6, 6.07) is 9.49. The van der Waals surface area contributed by atoms with Crippen LogP contribution in [0.15, 0.2) is 30.3 Å². The van der Waals surface area contributed by atoms with E-state index < -0.39 is 11.9 Å². The van der Waals surface area contributed by atoms with E-state index in [1.807, 2.05) is 30.3 Å². The average Bonchev–Trinajstić information content (AvgIpc) is 2.88. The smallest absolute Gasteiger partial charge is 0.312 e. The third kappa shape index (κ3) is 2.78. The van der Waals surface area contributed by atoms with Crippen molar-refractivity contribution in [3.05, 3.63) is 35.9 Å². The van der Waals surface area contributed by atoms with Crippen molar-refractivity contribution in [3.63, 3.8) is 0 Å². The predicted octanol–water partition coefficient (Wildman–Crippen LogP) is 1.07. The van der Waals surface area contributed by atoms with Crippen LogP contribution in [0, 0.1) is 5.92 Å². The van der Waals surface area contributed by atoms with E-state index in [1.54, 1.807) is 0 Å². The molecule has 2 N–H and O–H groups in total. The minimum Gasteiger partial charge on any atom is -0.481 e. The number of hydrogen-bond donors (Lipinski definition) is 2. The number of piperidine rings is 1. The van der Waals surface area contributed by atoms with Crippen LogP contribution in [0.25, 0.3) is 0 Å². The number of amides is 1. The molecule has 0 radical (unpaired) electrons. The highest BCUT2D eigenvalue weighted by Crippen LogP contribution is 2.29. The molecular weight excluding hydrogens is 268 g/mol. The zero-order valence-electron chi connectivity index (χ0n) is 11.9. The summed E-state index contributed by atoms with van der Waals surface area (Å²) in [6.45, 7) is 1.98. The summed E-state index contributed by atoms with van der Waals surface area (Å²) in [7, 11) is 0. The Hall–Kier alpha value is -1.88. The monoisotopic (exact) mass is 288 g/mol. The second kappa shape index (κ2) is 5.85. The first kappa shape index (κ1) is 14.1. The third-order valence-electron chi connectivity index (χ3n) is 4.63. The molecule has 2 aliphatic rings. The van der Waals surface area contributed by atoms with Crippen molar-refractivity contribution < 1.29 is 14.7 Å². The van der Waals surface area contributed by atoms with Gasteiger partial charge in [-0.1, -0.05) is 30.3 Å². The lowest BCUT2D eigenvalue weighted by Crippen LogP contribution is -2.47. The molecule has 3 atom stereocenters. The van der Waals surface area contributed by atoms with Gasteiger partial charge in [-0.25, -0.2) is 0 Å².